The summed E-state index contributed by atoms with van der Waals surface area (Å²) >= 11 is 0. The summed E-state index contributed by atoms with van der Waals surface area (Å²) < 4.78 is 8.27. The number of benzene rings is 1. The average molecular weight is 431 g/mol. The van der Waals surface area contributed by atoms with E-state index >= 15 is 0 Å². The summed E-state index contributed by atoms with van der Waals surface area (Å²) in [5.41, 5.74) is 0.0341. The third-order valence-corrected chi connectivity index (χ3v) is 4.77. The Hall–Kier alpha value is -3.60. The van der Waals surface area contributed by atoms with E-state index in [0.717, 1.165) is 12.0 Å². The number of hydrogen-bond donors (Lipinski definition) is 4. The highest BCUT2D eigenvalue weighted by Gasteiger charge is 2.20. The van der Waals surface area contributed by atoms with E-state index in [1.165, 1.54) is 16.2 Å². The molecule has 1 aromatic carbocycles. The highest BCUT2D eigenvalue weighted by Crippen LogP contribution is 2.17. The highest BCUT2D eigenvalue weighted by atomic mass is 16.5. The van der Waals surface area contributed by atoms with Crippen molar-refractivity contribution in [2.24, 2.45) is 7.05 Å². The predicted molar refractivity (Wildman–Crippen MR) is 114 cm³/mol. The van der Waals surface area contributed by atoms with Gasteiger partial charge in [-0.25, -0.2) is 4.79 Å². The van der Waals surface area contributed by atoms with Gasteiger partial charge in [0.05, 0.1) is 13.0 Å². The van der Waals surface area contributed by atoms with Crippen LogP contribution >= 0.6 is 0 Å². The van der Waals surface area contributed by atoms with Crippen LogP contribution < -0.4 is 21.3 Å². The van der Waals surface area contributed by atoms with Crippen LogP contribution in [0, 0.1) is 0 Å². The van der Waals surface area contributed by atoms with Crippen molar-refractivity contribution in [3.05, 3.63) is 50.7 Å². The summed E-state index contributed by atoms with van der Waals surface area (Å²) in [7, 11) is 1.46. The highest BCUT2D eigenvalue weighted by molar-refractivity contribution is 5.74. The Kier molecular flexibility index (Phi) is 6.75. The zero-order chi connectivity index (χ0) is 22.5. The minimum Gasteiger partial charge on any atom is -0.491 e. The molecule has 0 radical (unpaired) electrons. The van der Waals surface area contributed by atoms with E-state index in [4.69, 9.17) is 9.84 Å². The Labute approximate surface area is 176 Å². The first-order valence-electron chi connectivity index (χ1n) is 9.85. The summed E-state index contributed by atoms with van der Waals surface area (Å²) in [5, 5.41) is 22.3. The molecule has 1 atom stereocenters. The molecule has 166 valence electrons. The zero-order valence-electron chi connectivity index (χ0n) is 17.3. The number of carbonyl (C=O) groups is 1. The molecule has 3 rings (SSSR count). The van der Waals surface area contributed by atoms with Crippen molar-refractivity contribution >= 4 is 23.1 Å². The molecule has 0 saturated carbocycles. The zero-order valence-corrected chi connectivity index (χ0v) is 17.3. The van der Waals surface area contributed by atoms with Crippen LogP contribution in [0.3, 0.4) is 0 Å². The molecule has 2 heterocycles. The molecule has 4 N–H and O–H groups in total. The predicted octanol–water partition coefficient (Wildman–Crippen LogP) is 0.312. The van der Waals surface area contributed by atoms with E-state index in [2.05, 4.69) is 15.3 Å². The lowest BCUT2D eigenvalue weighted by molar-refractivity contribution is -0.136. The van der Waals surface area contributed by atoms with E-state index in [9.17, 15) is 19.5 Å². The third kappa shape index (κ3) is 5.12. The molecule has 11 heteroatoms. The molecule has 0 saturated heterocycles. The number of H-pyrrole nitrogens is 1. The van der Waals surface area contributed by atoms with Gasteiger partial charge in [0.15, 0.2) is 11.2 Å². The van der Waals surface area contributed by atoms with Crippen molar-refractivity contribution < 1.29 is 19.7 Å². The number of aliphatic carboxylic acids is 1. The van der Waals surface area contributed by atoms with Crippen molar-refractivity contribution in [3.8, 4) is 5.75 Å². The lowest BCUT2D eigenvalue weighted by Gasteiger charge is -2.16. The normalized spacial score (nSPS) is 12.1. The molecule has 11 nitrogen and oxygen atoms in total. The Morgan fingerprint density at radius 1 is 1.35 bits per heavy atom. The first-order chi connectivity index (χ1) is 14.8. The van der Waals surface area contributed by atoms with Crippen LogP contribution in [0.2, 0.25) is 0 Å². The Balaban J connectivity index is 1.85. The monoisotopic (exact) mass is 431 g/mol. The number of aromatic nitrogens is 4. The molecule has 0 fully saturated rings. The van der Waals surface area contributed by atoms with Crippen molar-refractivity contribution in [3.63, 3.8) is 0 Å². The molecule has 0 spiro atoms. The lowest BCUT2D eigenvalue weighted by Crippen LogP contribution is -2.31. The maximum absolute atomic E-state index is 12.4. The molecule has 3 aromatic rings. The van der Waals surface area contributed by atoms with Gasteiger partial charge in [0, 0.05) is 13.6 Å². The summed E-state index contributed by atoms with van der Waals surface area (Å²) in [6.45, 7) is 1.99. The number of anilines is 1. The number of hydrogen-bond acceptors (Lipinski definition) is 7. The number of nitrogens with one attached hydrogen (secondary N) is 2. The quantitative estimate of drug-likeness (QED) is 0.358. The van der Waals surface area contributed by atoms with Crippen LogP contribution in [0.4, 0.5) is 5.95 Å². The van der Waals surface area contributed by atoms with Crippen LogP contribution in [-0.2, 0) is 24.8 Å². The van der Waals surface area contributed by atoms with Gasteiger partial charge in [0.2, 0.25) is 5.95 Å². The van der Waals surface area contributed by atoms with Gasteiger partial charge in [-0.3, -0.25) is 19.1 Å². The Morgan fingerprint density at radius 3 is 2.84 bits per heavy atom. The van der Waals surface area contributed by atoms with Crippen LogP contribution in [0.5, 0.6) is 5.75 Å². The molecule has 0 aliphatic rings. The minimum absolute atomic E-state index is 0.0366. The number of aliphatic hydroxyl groups is 1. The van der Waals surface area contributed by atoms with Crippen molar-refractivity contribution in [1.82, 2.24) is 19.1 Å². The Morgan fingerprint density at radius 2 is 2.13 bits per heavy atom. The summed E-state index contributed by atoms with van der Waals surface area (Å²) in [4.78, 5) is 41.6. The van der Waals surface area contributed by atoms with Gasteiger partial charge in [0.25, 0.3) is 5.56 Å². The summed E-state index contributed by atoms with van der Waals surface area (Å²) in [6, 6.07) is 7.53. The van der Waals surface area contributed by atoms with E-state index < -0.39 is 23.3 Å². The molecule has 31 heavy (non-hydrogen) atoms. The third-order valence-electron chi connectivity index (χ3n) is 4.77. The number of aromatic amines is 1. The Bertz CT molecular complexity index is 1190. The SMILES string of the molecule is CCc1cccc(OCC(O)Cn2c(NCCC(=O)O)nc3c2c(=O)[nH]c(=O)n3C)c1. The molecule has 0 bridgehead atoms. The summed E-state index contributed by atoms with van der Waals surface area (Å²) in [5.74, 6) is -0.202. The molecule has 0 amide bonds. The van der Waals surface area contributed by atoms with Gasteiger partial charge in [-0.05, 0) is 24.1 Å². The van der Waals surface area contributed by atoms with E-state index in [1.54, 1.807) is 6.07 Å². The van der Waals surface area contributed by atoms with Crippen LogP contribution in [0.1, 0.15) is 18.9 Å². The lowest BCUT2D eigenvalue weighted by atomic mass is 10.2. The average Bonchev–Trinajstić information content (AvgIpc) is 3.09. The standard InChI is InChI=1S/C20H25N5O6/c1-3-12-5-4-6-14(9-12)31-11-13(26)10-25-16-17(24(2)20(30)23-18(16)29)22-19(25)21-8-7-15(27)28/h4-6,9,13,26H,3,7-8,10-11H2,1-2H3,(H,21,22)(H,27,28)(H,23,29,30). The van der Waals surface area contributed by atoms with Gasteiger partial charge >= 0.3 is 11.7 Å². The number of nitrogens with zero attached hydrogens (tertiary/aromatic N) is 3. The van der Waals surface area contributed by atoms with Crippen LogP contribution in [0.25, 0.3) is 11.2 Å². The summed E-state index contributed by atoms with van der Waals surface area (Å²) in [6.07, 6.45) is -0.315. The van der Waals surface area contributed by atoms with Gasteiger partial charge in [-0.1, -0.05) is 19.1 Å². The molecule has 1 unspecified atom stereocenters. The number of carboxylic acid groups (broad SMARTS) is 1. The van der Waals surface area contributed by atoms with Crippen molar-refractivity contribution in [2.75, 3.05) is 18.5 Å². The first-order valence-corrected chi connectivity index (χ1v) is 9.85. The maximum Gasteiger partial charge on any atom is 0.329 e. The number of fused-ring (bicyclic) bond motifs is 1. The van der Waals surface area contributed by atoms with Gasteiger partial charge in [-0.2, -0.15) is 4.98 Å². The second kappa shape index (κ2) is 9.47. The molecule has 2 aromatic heterocycles. The molecule has 0 aliphatic carbocycles. The van der Waals surface area contributed by atoms with E-state index in [0.29, 0.717) is 5.75 Å². The van der Waals surface area contributed by atoms with Crippen molar-refractivity contribution in [1.29, 1.82) is 0 Å². The molecular formula is C20H25N5O6. The number of carboxylic acids is 1. The van der Waals surface area contributed by atoms with Crippen LogP contribution in [-0.4, -0.2) is 54.5 Å². The fourth-order valence-electron chi connectivity index (χ4n) is 3.14. The van der Waals surface area contributed by atoms with E-state index in [1.807, 2.05) is 25.1 Å². The van der Waals surface area contributed by atoms with Gasteiger partial charge in [0.1, 0.15) is 18.5 Å². The number of rotatable bonds is 10. The smallest absolute Gasteiger partial charge is 0.329 e. The topological polar surface area (TPSA) is 151 Å². The fourth-order valence-corrected chi connectivity index (χ4v) is 3.14. The second-order valence-electron chi connectivity index (χ2n) is 7.07. The number of ether oxygens (including phenoxy) is 1. The van der Waals surface area contributed by atoms with Gasteiger partial charge in [-0.15, -0.1) is 0 Å². The first kappa shape index (κ1) is 22.1. The molecule has 0 aliphatic heterocycles. The number of aliphatic hydroxyl groups excluding tert-OH is 1. The van der Waals surface area contributed by atoms with Crippen LogP contribution in [0.15, 0.2) is 33.9 Å². The minimum atomic E-state index is -1.00. The number of imidazole rings is 1. The molecular weight excluding hydrogens is 406 g/mol. The van der Waals surface area contributed by atoms with E-state index in [-0.39, 0.29) is 43.2 Å². The second-order valence-corrected chi connectivity index (χ2v) is 7.07. The maximum atomic E-state index is 12.4. The fraction of sp³-hybridized carbons (Fsp3) is 0.400. The largest absolute Gasteiger partial charge is 0.491 e. The van der Waals surface area contributed by atoms with Crippen molar-refractivity contribution in [2.45, 2.75) is 32.4 Å². The number of aryl methyl sites for hydroxylation is 2. The van der Waals surface area contributed by atoms with Gasteiger partial charge < -0.3 is 24.8 Å².